The van der Waals surface area contributed by atoms with Crippen LogP contribution >= 0.6 is 23.1 Å². The molecule has 0 aliphatic carbocycles. The SMILES string of the molecule is Cc1cccc(OCCNC(=O)CSc2nc3sc(-c4ccccc4)cc3c(=O)n2C)c1. The molecular formula is C24H23N3O3S2. The number of carbonyl (C=O) groups excluding carboxylic acids is 1. The highest BCUT2D eigenvalue weighted by Crippen LogP contribution is 2.31. The van der Waals surface area contributed by atoms with E-state index in [9.17, 15) is 9.59 Å². The molecular weight excluding hydrogens is 442 g/mol. The molecule has 0 aliphatic heterocycles. The van der Waals surface area contributed by atoms with Gasteiger partial charge in [0, 0.05) is 11.9 Å². The van der Waals surface area contributed by atoms with Crippen LogP contribution in [0.15, 0.2) is 70.6 Å². The first kappa shape index (κ1) is 22.1. The summed E-state index contributed by atoms with van der Waals surface area (Å²) in [6.07, 6.45) is 0. The summed E-state index contributed by atoms with van der Waals surface area (Å²) >= 11 is 2.73. The van der Waals surface area contributed by atoms with Gasteiger partial charge in [-0.15, -0.1) is 11.3 Å². The van der Waals surface area contributed by atoms with Crippen LogP contribution in [0.4, 0.5) is 0 Å². The molecule has 4 aromatic rings. The third-order valence-electron chi connectivity index (χ3n) is 4.80. The zero-order chi connectivity index (χ0) is 22.5. The number of nitrogens with zero attached hydrogens (tertiary/aromatic N) is 2. The van der Waals surface area contributed by atoms with Gasteiger partial charge >= 0.3 is 0 Å². The fraction of sp³-hybridized carbons (Fsp3) is 0.208. The highest BCUT2D eigenvalue weighted by Gasteiger charge is 2.14. The molecule has 2 heterocycles. The number of thiophene rings is 1. The first-order valence-electron chi connectivity index (χ1n) is 10.2. The van der Waals surface area contributed by atoms with E-state index < -0.39 is 0 Å². The standard InChI is InChI=1S/C24H23N3O3S2/c1-16-7-6-10-18(13-16)30-12-11-25-21(28)15-31-24-26-22-19(23(29)27(24)2)14-20(32-22)17-8-4-3-5-9-17/h3-10,13-14H,11-12,15H2,1-2H3,(H,25,28). The second kappa shape index (κ2) is 10.0. The first-order valence-corrected chi connectivity index (χ1v) is 12.0. The van der Waals surface area contributed by atoms with E-state index >= 15 is 0 Å². The lowest BCUT2D eigenvalue weighted by Gasteiger charge is -2.09. The lowest BCUT2D eigenvalue weighted by Crippen LogP contribution is -2.30. The average Bonchev–Trinajstić information content (AvgIpc) is 3.23. The van der Waals surface area contributed by atoms with Gasteiger partial charge in [-0.1, -0.05) is 54.2 Å². The number of hydrogen-bond acceptors (Lipinski definition) is 6. The summed E-state index contributed by atoms with van der Waals surface area (Å²) < 4.78 is 7.15. The molecule has 164 valence electrons. The Bertz CT molecular complexity index is 1300. The zero-order valence-corrected chi connectivity index (χ0v) is 19.5. The molecule has 2 aromatic carbocycles. The fourth-order valence-electron chi connectivity index (χ4n) is 3.17. The normalized spacial score (nSPS) is 10.9. The number of nitrogens with one attached hydrogen (secondary N) is 1. The molecule has 0 aliphatic rings. The monoisotopic (exact) mass is 465 g/mol. The Balaban J connectivity index is 1.35. The molecule has 0 saturated carbocycles. The molecule has 32 heavy (non-hydrogen) atoms. The summed E-state index contributed by atoms with van der Waals surface area (Å²) in [5.41, 5.74) is 2.07. The third-order valence-corrected chi connectivity index (χ3v) is 6.91. The number of fused-ring (bicyclic) bond motifs is 1. The minimum Gasteiger partial charge on any atom is -0.492 e. The molecule has 0 radical (unpaired) electrons. The summed E-state index contributed by atoms with van der Waals surface area (Å²) in [7, 11) is 1.69. The van der Waals surface area contributed by atoms with E-state index in [4.69, 9.17) is 4.74 Å². The number of ether oxygens (including phenoxy) is 1. The summed E-state index contributed by atoms with van der Waals surface area (Å²) in [5.74, 6) is 0.827. The van der Waals surface area contributed by atoms with Crippen molar-refractivity contribution in [2.24, 2.45) is 7.05 Å². The van der Waals surface area contributed by atoms with Crippen molar-refractivity contribution < 1.29 is 9.53 Å². The van der Waals surface area contributed by atoms with E-state index in [1.165, 1.54) is 27.7 Å². The van der Waals surface area contributed by atoms with Gasteiger partial charge in [-0.25, -0.2) is 4.98 Å². The van der Waals surface area contributed by atoms with Crippen molar-refractivity contribution in [3.05, 3.63) is 76.6 Å². The quantitative estimate of drug-likeness (QED) is 0.239. The van der Waals surface area contributed by atoms with Crippen molar-refractivity contribution in [1.82, 2.24) is 14.9 Å². The second-order valence-electron chi connectivity index (χ2n) is 7.26. The van der Waals surface area contributed by atoms with Gasteiger partial charge < -0.3 is 10.1 Å². The highest BCUT2D eigenvalue weighted by atomic mass is 32.2. The number of hydrogen-bond donors (Lipinski definition) is 1. The molecule has 0 fully saturated rings. The van der Waals surface area contributed by atoms with Gasteiger partial charge in [-0.05, 0) is 36.2 Å². The molecule has 1 N–H and O–H groups in total. The van der Waals surface area contributed by atoms with Crippen LogP contribution in [-0.4, -0.2) is 34.4 Å². The number of aromatic nitrogens is 2. The van der Waals surface area contributed by atoms with Crippen LogP contribution in [0.3, 0.4) is 0 Å². The minimum atomic E-state index is -0.131. The molecule has 0 spiro atoms. The van der Waals surface area contributed by atoms with Crippen LogP contribution in [0.1, 0.15) is 5.56 Å². The number of benzene rings is 2. The van der Waals surface area contributed by atoms with E-state index in [1.54, 1.807) is 7.05 Å². The summed E-state index contributed by atoms with van der Waals surface area (Å²) in [5, 5.41) is 3.96. The number of carbonyl (C=O) groups is 1. The molecule has 0 bridgehead atoms. The van der Waals surface area contributed by atoms with E-state index in [2.05, 4.69) is 10.3 Å². The van der Waals surface area contributed by atoms with E-state index in [0.717, 1.165) is 21.8 Å². The Morgan fingerprint density at radius 2 is 1.97 bits per heavy atom. The summed E-state index contributed by atoms with van der Waals surface area (Å²) in [6.45, 7) is 2.80. The smallest absolute Gasteiger partial charge is 0.262 e. The molecule has 6 nitrogen and oxygen atoms in total. The summed E-state index contributed by atoms with van der Waals surface area (Å²) in [4.78, 5) is 31.4. The maximum Gasteiger partial charge on any atom is 0.262 e. The topological polar surface area (TPSA) is 73.2 Å². The number of amides is 1. The van der Waals surface area contributed by atoms with Crippen molar-refractivity contribution >= 4 is 39.2 Å². The van der Waals surface area contributed by atoms with E-state index in [1.807, 2.05) is 67.6 Å². The lowest BCUT2D eigenvalue weighted by molar-refractivity contribution is -0.118. The largest absolute Gasteiger partial charge is 0.492 e. The van der Waals surface area contributed by atoms with Crippen LogP contribution < -0.4 is 15.6 Å². The molecule has 4 rings (SSSR count). The number of rotatable bonds is 8. The highest BCUT2D eigenvalue weighted by molar-refractivity contribution is 7.99. The second-order valence-corrected chi connectivity index (χ2v) is 9.23. The molecule has 0 unspecified atom stereocenters. The van der Waals surface area contributed by atoms with Crippen molar-refractivity contribution in [3.8, 4) is 16.2 Å². The predicted molar refractivity (Wildman–Crippen MR) is 131 cm³/mol. The van der Waals surface area contributed by atoms with Crippen LogP contribution in [0.25, 0.3) is 20.7 Å². The van der Waals surface area contributed by atoms with E-state index in [0.29, 0.717) is 28.5 Å². The van der Waals surface area contributed by atoms with Gasteiger partial charge in [0.2, 0.25) is 5.91 Å². The Labute approximate surface area is 194 Å². The van der Waals surface area contributed by atoms with Gasteiger partial charge in [-0.3, -0.25) is 14.2 Å². The maximum atomic E-state index is 12.8. The van der Waals surface area contributed by atoms with Crippen molar-refractivity contribution in [3.63, 3.8) is 0 Å². The predicted octanol–water partition coefficient (Wildman–Crippen LogP) is 4.26. The van der Waals surface area contributed by atoms with Crippen molar-refractivity contribution in [1.29, 1.82) is 0 Å². The Hall–Kier alpha value is -3.10. The molecule has 0 saturated heterocycles. The van der Waals surface area contributed by atoms with Gasteiger partial charge in [0.05, 0.1) is 17.7 Å². The average molecular weight is 466 g/mol. The maximum absolute atomic E-state index is 12.8. The van der Waals surface area contributed by atoms with Crippen molar-refractivity contribution in [2.75, 3.05) is 18.9 Å². The van der Waals surface area contributed by atoms with E-state index in [-0.39, 0.29) is 17.2 Å². The van der Waals surface area contributed by atoms with Crippen LogP contribution in [0.5, 0.6) is 5.75 Å². The zero-order valence-electron chi connectivity index (χ0n) is 17.8. The Kier molecular flexibility index (Phi) is 6.92. The van der Waals surface area contributed by atoms with Crippen molar-refractivity contribution in [2.45, 2.75) is 12.1 Å². The molecule has 8 heteroatoms. The van der Waals surface area contributed by atoms with Crippen LogP contribution in [-0.2, 0) is 11.8 Å². The van der Waals surface area contributed by atoms with Crippen LogP contribution in [0.2, 0.25) is 0 Å². The summed E-state index contributed by atoms with van der Waals surface area (Å²) in [6, 6.07) is 19.6. The number of aryl methyl sites for hydroxylation is 1. The molecule has 0 atom stereocenters. The first-order chi connectivity index (χ1) is 15.5. The fourth-order valence-corrected chi connectivity index (χ4v) is 5.05. The molecule has 2 aromatic heterocycles. The number of thioether (sulfide) groups is 1. The third kappa shape index (κ3) is 5.20. The van der Waals surface area contributed by atoms with Gasteiger partial charge in [0.15, 0.2) is 5.16 Å². The van der Waals surface area contributed by atoms with Gasteiger partial charge in [-0.2, -0.15) is 0 Å². The molecule has 1 amide bonds. The van der Waals surface area contributed by atoms with Gasteiger partial charge in [0.1, 0.15) is 17.2 Å². The van der Waals surface area contributed by atoms with Crippen LogP contribution in [0, 0.1) is 6.92 Å². The van der Waals surface area contributed by atoms with Gasteiger partial charge in [0.25, 0.3) is 5.56 Å². The lowest BCUT2D eigenvalue weighted by atomic mass is 10.2. The Morgan fingerprint density at radius 3 is 2.75 bits per heavy atom. The Morgan fingerprint density at radius 1 is 1.16 bits per heavy atom. The minimum absolute atomic E-state index is 0.108.